The van der Waals surface area contributed by atoms with Gasteiger partial charge in [0, 0.05) is 32.7 Å². The minimum atomic E-state index is -0.415. The first kappa shape index (κ1) is 17.2. The molecule has 5 nitrogen and oxygen atoms in total. The number of methoxy groups -OCH3 is 1. The average molecular weight is 336 g/mol. The van der Waals surface area contributed by atoms with E-state index in [1.165, 1.54) is 25.3 Å². The molecule has 2 fully saturated rings. The van der Waals surface area contributed by atoms with Crippen LogP contribution in [-0.2, 0) is 4.74 Å². The molecule has 0 saturated carbocycles. The van der Waals surface area contributed by atoms with E-state index < -0.39 is 5.82 Å². The fourth-order valence-corrected chi connectivity index (χ4v) is 3.49. The molecule has 2 heterocycles. The van der Waals surface area contributed by atoms with Gasteiger partial charge in [0.15, 0.2) is 0 Å². The molecule has 0 spiro atoms. The SMILES string of the molecule is COc1ccc(F)cc1C(=O)N1CCC(CN2CCOCC2)CC1. The van der Waals surface area contributed by atoms with Crippen molar-refractivity contribution in [2.75, 3.05) is 53.0 Å². The first-order chi connectivity index (χ1) is 11.7. The molecule has 0 aliphatic carbocycles. The summed E-state index contributed by atoms with van der Waals surface area (Å²) in [6, 6.07) is 4.08. The van der Waals surface area contributed by atoms with Gasteiger partial charge in [-0.05, 0) is 37.0 Å². The van der Waals surface area contributed by atoms with E-state index in [4.69, 9.17) is 9.47 Å². The summed E-state index contributed by atoms with van der Waals surface area (Å²) in [6.07, 6.45) is 1.97. The monoisotopic (exact) mass is 336 g/mol. The van der Waals surface area contributed by atoms with Gasteiger partial charge >= 0.3 is 0 Å². The number of benzene rings is 1. The van der Waals surface area contributed by atoms with Gasteiger partial charge in [0.1, 0.15) is 11.6 Å². The van der Waals surface area contributed by atoms with E-state index in [1.807, 2.05) is 4.90 Å². The van der Waals surface area contributed by atoms with Gasteiger partial charge in [0.2, 0.25) is 0 Å². The zero-order chi connectivity index (χ0) is 16.9. The minimum Gasteiger partial charge on any atom is -0.496 e. The second-order valence-electron chi connectivity index (χ2n) is 6.49. The van der Waals surface area contributed by atoms with Crippen LogP contribution in [-0.4, -0.2) is 68.8 Å². The highest BCUT2D eigenvalue weighted by Crippen LogP contribution is 2.25. The van der Waals surface area contributed by atoms with Gasteiger partial charge in [-0.1, -0.05) is 0 Å². The van der Waals surface area contributed by atoms with E-state index in [-0.39, 0.29) is 5.91 Å². The summed E-state index contributed by atoms with van der Waals surface area (Å²) in [7, 11) is 1.50. The van der Waals surface area contributed by atoms with Crippen LogP contribution in [0.2, 0.25) is 0 Å². The van der Waals surface area contributed by atoms with Crippen LogP contribution in [0, 0.1) is 11.7 Å². The van der Waals surface area contributed by atoms with Crippen LogP contribution < -0.4 is 4.74 Å². The van der Waals surface area contributed by atoms with Crippen molar-refractivity contribution < 1.29 is 18.7 Å². The first-order valence-electron chi connectivity index (χ1n) is 8.60. The molecule has 0 N–H and O–H groups in total. The second kappa shape index (κ2) is 7.94. The fraction of sp³-hybridized carbons (Fsp3) is 0.611. The average Bonchev–Trinajstić information content (AvgIpc) is 2.62. The normalized spacial score (nSPS) is 20.2. The van der Waals surface area contributed by atoms with Crippen molar-refractivity contribution in [1.29, 1.82) is 0 Å². The van der Waals surface area contributed by atoms with Crippen molar-refractivity contribution in [3.8, 4) is 5.75 Å². The van der Waals surface area contributed by atoms with Gasteiger partial charge in [-0.3, -0.25) is 9.69 Å². The second-order valence-corrected chi connectivity index (χ2v) is 6.49. The van der Waals surface area contributed by atoms with Gasteiger partial charge in [-0.15, -0.1) is 0 Å². The largest absolute Gasteiger partial charge is 0.496 e. The molecule has 2 aliphatic heterocycles. The molecule has 1 amide bonds. The van der Waals surface area contributed by atoms with E-state index >= 15 is 0 Å². The van der Waals surface area contributed by atoms with Crippen molar-refractivity contribution in [3.63, 3.8) is 0 Å². The fourth-order valence-electron chi connectivity index (χ4n) is 3.49. The Labute approximate surface area is 142 Å². The molecular weight excluding hydrogens is 311 g/mol. The van der Waals surface area contributed by atoms with Gasteiger partial charge in [0.25, 0.3) is 5.91 Å². The number of piperidine rings is 1. The summed E-state index contributed by atoms with van der Waals surface area (Å²) in [6.45, 7) is 6.14. The van der Waals surface area contributed by atoms with Crippen molar-refractivity contribution in [3.05, 3.63) is 29.6 Å². The molecule has 6 heteroatoms. The molecule has 0 unspecified atom stereocenters. The number of carbonyl (C=O) groups is 1. The van der Waals surface area contributed by atoms with E-state index in [1.54, 1.807) is 0 Å². The van der Waals surface area contributed by atoms with Gasteiger partial charge in [-0.25, -0.2) is 4.39 Å². The number of amides is 1. The topological polar surface area (TPSA) is 42.0 Å². The van der Waals surface area contributed by atoms with Crippen LogP contribution in [0.4, 0.5) is 4.39 Å². The summed E-state index contributed by atoms with van der Waals surface area (Å²) in [5.74, 6) is 0.482. The van der Waals surface area contributed by atoms with Gasteiger partial charge < -0.3 is 14.4 Å². The Morgan fingerprint density at radius 2 is 1.96 bits per heavy atom. The predicted molar refractivity (Wildman–Crippen MR) is 88.8 cm³/mol. The molecule has 1 aromatic carbocycles. The van der Waals surface area contributed by atoms with Crippen molar-refractivity contribution in [2.45, 2.75) is 12.8 Å². The summed E-state index contributed by atoms with van der Waals surface area (Å²) >= 11 is 0. The molecule has 0 aromatic heterocycles. The molecule has 2 aliphatic rings. The summed E-state index contributed by atoms with van der Waals surface area (Å²) in [5, 5.41) is 0. The minimum absolute atomic E-state index is 0.142. The molecule has 0 atom stereocenters. The molecular formula is C18H25FN2O3. The molecule has 132 valence electrons. The molecule has 2 saturated heterocycles. The van der Waals surface area contributed by atoms with E-state index in [9.17, 15) is 9.18 Å². The van der Waals surface area contributed by atoms with Crippen LogP contribution in [0.15, 0.2) is 18.2 Å². The lowest BCUT2D eigenvalue weighted by Gasteiger charge is -2.36. The van der Waals surface area contributed by atoms with Crippen LogP contribution in [0.3, 0.4) is 0 Å². The maximum Gasteiger partial charge on any atom is 0.257 e. The van der Waals surface area contributed by atoms with Crippen molar-refractivity contribution in [1.82, 2.24) is 9.80 Å². The Hall–Kier alpha value is -1.66. The number of rotatable bonds is 4. The third kappa shape index (κ3) is 4.05. The number of hydrogen-bond donors (Lipinski definition) is 0. The highest BCUT2D eigenvalue weighted by molar-refractivity contribution is 5.97. The third-order valence-electron chi connectivity index (χ3n) is 4.91. The van der Waals surface area contributed by atoms with Crippen LogP contribution >= 0.6 is 0 Å². The van der Waals surface area contributed by atoms with Gasteiger partial charge in [0.05, 0.1) is 25.9 Å². The number of morpholine rings is 1. The van der Waals surface area contributed by atoms with E-state index in [0.717, 1.165) is 45.7 Å². The number of carbonyl (C=O) groups excluding carboxylic acids is 1. The third-order valence-corrected chi connectivity index (χ3v) is 4.91. The Morgan fingerprint density at radius 1 is 1.25 bits per heavy atom. The lowest BCUT2D eigenvalue weighted by atomic mass is 9.95. The summed E-state index contributed by atoms with van der Waals surface area (Å²) < 4.78 is 24.1. The lowest BCUT2D eigenvalue weighted by Crippen LogP contribution is -2.44. The van der Waals surface area contributed by atoms with Crippen LogP contribution in [0.5, 0.6) is 5.75 Å². The molecule has 0 bridgehead atoms. The summed E-state index contributed by atoms with van der Waals surface area (Å²) in [4.78, 5) is 16.9. The molecule has 24 heavy (non-hydrogen) atoms. The number of hydrogen-bond acceptors (Lipinski definition) is 4. The molecule has 3 rings (SSSR count). The number of halogens is 1. The number of nitrogens with zero attached hydrogens (tertiary/aromatic N) is 2. The van der Waals surface area contributed by atoms with Crippen molar-refractivity contribution >= 4 is 5.91 Å². The van der Waals surface area contributed by atoms with Crippen molar-refractivity contribution in [2.24, 2.45) is 5.92 Å². The van der Waals surface area contributed by atoms with Crippen LogP contribution in [0.25, 0.3) is 0 Å². The van der Waals surface area contributed by atoms with E-state index in [2.05, 4.69) is 4.90 Å². The van der Waals surface area contributed by atoms with E-state index in [0.29, 0.717) is 30.3 Å². The maximum absolute atomic E-state index is 13.5. The van der Waals surface area contributed by atoms with Gasteiger partial charge in [-0.2, -0.15) is 0 Å². The smallest absolute Gasteiger partial charge is 0.257 e. The Bertz CT molecular complexity index is 567. The highest BCUT2D eigenvalue weighted by atomic mass is 19.1. The zero-order valence-corrected chi connectivity index (χ0v) is 14.2. The predicted octanol–water partition coefficient (Wildman–Crippen LogP) is 2.02. The highest BCUT2D eigenvalue weighted by Gasteiger charge is 2.27. The Kier molecular flexibility index (Phi) is 5.68. The number of ether oxygens (including phenoxy) is 2. The summed E-state index contributed by atoms with van der Waals surface area (Å²) in [5.41, 5.74) is 0.309. The first-order valence-corrected chi connectivity index (χ1v) is 8.60. The molecule has 0 radical (unpaired) electrons. The number of likely N-dealkylation sites (tertiary alicyclic amines) is 1. The van der Waals surface area contributed by atoms with Crippen LogP contribution in [0.1, 0.15) is 23.2 Å². The standard InChI is InChI=1S/C18H25FN2O3/c1-23-17-3-2-15(19)12-16(17)18(22)21-6-4-14(5-7-21)13-20-8-10-24-11-9-20/h2-3,12,14H,4-11,13H2,1H3. The Balaban J connectivity index is 1.56. The molecule has 1 aromatic rings. The quantitative estimate of drug-likeness (QED) is 0.844. The maximum atomic E-state index is 13.5. The zero-order valence-electron chi connectivity index (χ0n) is 14.2. The lowest BCUT2D eigenvalue weighted by molar-refractivity contribution is 0.0242. The Morgan fingerprint density at radius 3 is 2.62 bits per heavy atom.